The number of carbonyl (C=O) groups is 1. The average Bonchev–Trinajstić information content (AvgIpc) is 3.09. The standard InChI is InChI=1S/C25H30N2O3/c1-5-27-23-13-10-20(25(28)29-6-2)17-22(23)26-24(27)14-9-19-7-11-21(12-8-19)30-16-15-18(3)4/h7-14,17-18H,5-6,15-16H2,1-4H3/b14-9+. The predicted molar refractivity (Wildman–Crippen MR) is 122 cm³/mol. The molecule has 0 aliphatic carbocycles. The molecule has 0 spiro atoms. The largest absolute Gasteiger partial charge is 0.494 e. The van der Waals surface area contributed by atoms with E-state index in [0.717, 1.165) is 47.7 Å². The number of hydrogen-bond donors (Lipinski definition) is 0. The van der Waals surface area contributed by atoms with Crippen molar-refractivity contribution < 1.29 is 14.3 Å². The second kappa shape index (κ2) is 10.1. The van der Waals surface area contributed by atoms with Crippen LogP contribution in [0.2, 0.25) is 0 Å². The highest BCUT2D eigenvalue weighted by Crippen LogP contribution is 2.21. The van der Waals surface area contributed by atoms with E-state index >= 15 is 0 Å². The summed E-state index contributed by atoms with van der Waals surface area (Å²) >= 11 is 0. The van der Waals surface area contributed by atoms with Crippen LogP contribution in [0.1, 0.15) is 55.9 Å². The normalized spacial score (nSPS) is 11.5. The molecule has 0 atom stereocenters. The van der Waals surface area contributed by atoms with Gasteiger partial charge in [-0.05, 0) is 68.2 Å². The maximum absolute atomic E-state index is 12.0. The third kappa shape index (κ3) is 5.29. The van der Waals surface area contributed by atoms with Gasteiger partial charge >= 0.3 is 5.97 Å². The molecule has 5 heteroatoms. The van der Waals surface area contributed by atoms with Crippen molar-refractivity contribution in [2.75, 3.05) is 13.2 Å². The van der Waals surface area contributed by atoms with Gasteiger partial charge in [-0.15, -0.1) is 0 Å². The van der Waals surface area contributed by atoms with Crippen LogP contribution >= 0.6 is 0 Å². The summed E-state index contributed by atoms with van der Waals surface area (Å²) in [5, 5.41) is 0. The smallest absolute Gasteiger partial charge is 0.338 e. The Kier molecular flexibility index (Phi) is 7.28. The van der Waals surface area contributed by atoms with E-state index in [4.69, 9.17) is 14.5 Å². The predicted octanol–water partition coefficient (Wildman–Crippen LogP) is 5.83. The molecule has 0 radical (unpaired) electrons. The average molecular weight is 407 g/mol. The second-order valence-electron chi connectivity index (χ2n) is 7.57. The van der Waals surface area contributed by atoms with Gasteiger partial charge in [0.2, 0.25) is 0 Å². The van der Waals surface area contributed by atoms with E-state index in [1.807, 2.05) is 42.5 Å². The number of benzene rings is 2. The van der Waals surface area contributed by atoms with Gasteiger partial charge in [-0.2, -0.15) is 0 Å². The lowest BCUT2D eigenvalue weighted by molar-refractivity contribution is 0.0526. The Balaban J connectivity index is 1.77. The summed E-state index contributed by atoms with van der Waals surface area (Å²) in [6.45, 7) is 10.2. The maximum Gasteiger partial charge on any atom is 0.338 e. The van der Waals surface area contributed by atoms with Crippen molar-refractivity contribution in [3.05, 3.63) is 59.4 Å². The Morgan fingerprint density at radius 1 is 1.10 bits per heavy atom. The molecular weight excluding hydrogens is 376 g/mol. The summed E-state index contributed by atoms with van der Waals surface area (Å²) in [6, 6.07) is 13.6. The van der Waals surface area contributed by atoms with Gasteiger partial charge < -0.3 is 14.0 Å². The fourth-order valence-electron chi connectivity index (χ4n) is 3.21. The lowest BCUT2D eigenvalue weighted by atomic mass is 10.1. The molecule has 0 fully saturated rings. The molecule has 158 valence electrons. The molecule has 1 aromatic heterocycles. The zero-order chi connectivity index (χ0) is 21.5. The van der Waals surface area contributed by atoms with Crippen LogP contribution in [0.4, 0.5) is 0 Å². The molecular formula is C25H30N2O3. The lowest BCUT2D eigenvalue weighted by Gasteiger charge is -2.08. The molecule has 3 aromatic rings. The maximum atomic E-state index is 12.0. The van der Waals surface area contributed by atoms with E-state index in [1.165, 1.54) is 0 Å². The fraction of sp³-hybridized carbons (Fsp3) is 0.360. The van der Waals surface area contributed by atoms with E-state index in [2.05, 4.69) is 25.3 Å². The Hall–Kier alpha value is -3.08. The minimum Gasteiger partial charge on any atom is -0.494 e. The molecule has 0 aliphatic heterocycles. The number of rotatable bonds is 9. The number of aryl methyl sites for hydroxylation is 1. The highest BCUT2D eigenvalue weighted by molar-refractivity contribution is 5.94. The molecule has 0 saturated heterocycles. The zero-order valence-electron chi connectivity index (χ0n) is 18.2. The Morgan fingerprint density at radius 2 is 1.87 bits per heavy atom. The number of nitrogens with zero attached hydrogens (tertiary/aromatic N) is 2. The van der Waals surface area contributed by atoms with Crippen LogP contribution in [-0.2, 0) is 11.3 Å². The number of hydrogen-bond acceptors (Lipinski definition) is 4. The van der Waals surface area contributed by atoms with Gasteiger partial charge in [0, 0.05) is 6.54 Å². The van der Waals surface area contributed by atoms with Gasteiger partial charge in [0.05, 0.1) is 29.8 Å². The number of fused-ring (bicyclic) bond motifs is 1. The summed E-state index contributed by atoms with van der Waals surface area (Å²) in [5.41, 5.74) is 3.39. The molecule has 3 rings (SSSR count). The monoisotopic (exact) mass is 406 g/mol. The zero-order valence-corrected chi connectivity index (χ0v) is 18.2. The van der Waals surface area contributed by atoms with E-state index in [0.29, 0.717) is 18.1 Å². The molecule has 5 nitrogen and oxygen atoms in total. The number of aromatic nitrogens is 2. The first-order valence-electron chi connectivity index (χ1n) is 10.6. The van der Waals surface area contributed by atoms with Crippen LogP contribution in [0.15, 0.2) is 42.5 Å². The van der Waals surface area contributed by atoms with Crippen LogP contribution in [-0.4, -0.2) is 28.7 Å². The Labute approximate surface area is 178 Å². The van der Waals surface area contributed by atoms with Gasteiger partial charge in [-0.1, -0.05) is 32.1 Å². The van der Waals surface area contributed by atoms with Gasteiger partial charge in [0.1, 0.15) is 11.6 Å². The molecule has 0 amide bonds. The van der Waals surface area contributed by atoms with Crippen molar-refractivity contribution in [1.29, 1.82) is 0 Å². The summed E-state index contributed by atoms with van der Waals surface area (Å²) in [5.74, 6) is 2.06. The first kappa shape index (κ1) is 21.6. The van der Waals surface area contributed by atoms with Crippen molar-refractivity contribution >= 4 is 29.2 Å². The van der Waals surface area contributed by atoms with E-state index in [9.17, 15) is 4.79 Å². The third-order valence-corrected chi connectivity index (χ3v) is 4.87. The highest BCUT2D eigenvalue weighted by Gasteiger charge is 2.12. The van der Waals surface area contributed by atoms with Crippen molar-refractivity contribution in [3.8, 4) is 5.75 Å². The van der Waals surface area contributed by atoms with Gasteiger partial charge in [-0.25, -0.2) is 9.78 Å². The van der Waals surface area contributed by atoms with Crippen LogP contribution in [0.25, 0.3) is 23.2 Å². The molecule has 0 N–H and O–H groups in total. The molecule has 0 aliphatic rings. The molecule has 2 aromatic carbocycles. The third-order valence-electron chi connectivity index (χ3n) is 4.87. The minimum atomic E-state index is -0.321. The van der Waals surface area contributed by atoms with Crippen LogP contribution in [0.3, 0.4) is 0 Å². The van der Waals surface area contributed by atoms with Crippen molar-refractivity contribution in [2.24, 2.45) is 5.92 Å². The van der Waals surface area contributed by atoms with Gasteiger partial charge in [-0.3, -0.25) is 0 Å². The van der Waals surface area contributed by atoms with E-state index in [-0.39, 0.29) is 5.97 Å². The number of esters is 1. The Bertz CT molecular complexity index is 1020. The second-order valence-corrected chi connectivity index (χ2v) is 7.57. The number of imidazole rings is 1. The van der Waals surface area contributed by atoms with Crippen LogP contribution in [0, 0.1) is 5.92 Å². The molecule has 30 heavy (non-hydrogen) atoms. The molecule has 0 unspecified atom stereocenters. The van der Waals surface area contributed by atoms with Crippen molar-refractivity contribution in [2.45, 2.75) is 40.7 Å². The Morgan fingerprint density at radius 3 is 2.53 bits per heavy atom. The van der Waals surface area contributed by atoms with E-state index < -0.39 is 0 Å². The van der Waals surface area contributed by atoms with Gasteiger partial charge in [0.15, 0.2) is 0 Å². The van der Waals surface area contributed by atoms with Gasteiger partial charge in [0.25, 0.3) is 0 Å². The molecule has 0 bridgehead atoms. The molecule has 1 heterocycles. The topological polar surface area (TPSA) is 53.4 Å². The minimum absolute atomic E-state index is 0.321. The quantitative estimate of drug-likeness (QED) is 0.420. The lowest BCUT2D eigenvalue weighted by Crippen LogP contribution is -2.04. The first-order chi connectivity index (χ1) is 14.5. The number of carbonyl (C=O) groups excluding carboxylic acids is 1. The summed E-state index contributed by atoms with van der Waals surface area (Å²) in [4.78, 5) is 16.7. The van der Waals surface area contributed by atoms with Crippen molar-refractivity contribution in [3.63, 3.8) is 0 Å². The van der Waals surface area contributed by atoms with Crippen molar-refractivity contribution in [1.82, 2.24) is 9.55 Å². The first-order valence-corrected chi connectivity index (χ1v) is 10.6. The summed E-state index contributed by atoms with van der Waals surface area (Å²) in [6.07, 6.45) is 5.09. The highest BCUT2D eigenvalue weighted by atomic mass is 16.5. The SMILES string of the molecule is CCOC(=O)c1ccc2c(c1)nc(/C=C/c1ccc(OCCC(C)C)cc1)n2CC. The summed E-state index contributed by atoms with van der Waals surface area (Å²) in [7, 11) is 0. The van der Waals surface area contributed by atoms with Crippen LogP contribution in [0.5, 0.6) is 5.75 Å². The molecule has 0 saturated carbocycles. The summed E-state index contributed by atoms with van der Waals surface area (Å²) < 4.78 is 13.0. The number of ether oxygens (including phenoxy) is 2. The fourth-order valence-corrected chi connectivity index (χ4v) is 3.21. The van der Waals surface area contributed by atoms with E-state index in [1.54, 1.807) is 19.1 Å². The van der Waals surface area contributed by atoms with Crippen LogP contribution < -0.4 is 4.74 Å².